The molecule has 0 aliphatic carbocycles. The summed E-state index contributed by atoms with van der Waals surface area (Å²) in [7, 11) is 0. The molecular formula is C21H19NO. The molecule has 1 N–H and O–H groups in total. The van der Waals surface area contributed by atoms with E-state index < -0.39 is 0 Å². The molecule has 2 aromatic carbocycles. The summed E-state index contributed by atoms with van der Waals surface area (Å²) in [6.45, 7) is 2.11. The van der Waals surface area contributed by atoms with Crippen LogP contribution >= 0.6 is 0 Å². The van der Waals surface area contributed by atoms with Crippen LogP contribution in [0, 0.1) is 0 Å². The molecule has 0 amide bonds. The molecule has 23 heavy (non-hydrogen) atoms. The lowest BCUT2D eigenvalue weighted by atomic mass is 9.96. The van der Waals surface area contributed by atoms with Gasteiger partial charge in [0.2, 0.25) is 0 Å². The van der Waals surface area contributed by atoms with Crippen molar-refractivity contribution < 1.29 is 5.11 Å². The van der Waals surface area contributed by atoms with E-state index >= 15 is 0 Å². The molecule has 0 bridgehead atoms. The van der Waals surface area contributed by atoms with Crippen LogP contribution in [0.5, 0.6) is 5.75 Å². The van der Waals surface area contributed by atoms with Crippen molar-refractivity contribution in [1.29, 1.82) is 0 Å². The number of hydrogen-bond donors (Lipinski definition) is 1. The fourth-order valence-electron chi connectivity index (χ4n) is 2.56. The minimum atomic E-state index is 0.306. The summed E-state index contributed by atoms with van der Waals surface area (Å²) in [5.74, 6) is 0.306. The topological polar surface area (TPSA) is 33.1 Å². The minimum absolute atomic E-state index is 0.306. The van der Waals surface area contributed by atoms with Gasteiger partial charge in [0.05, 0.1) is 5.69 Å². The van der Waals surface area contributed by atoms with Crippen molar-refractivity contribution in [2.24, 2.45) is 0 Å². The van der Waals surface area contributed by atoms with Crippen molar-refractivity contribution in [3.8, 4) is 16.9 Å². The molecule has 1 aromatic heterocycles. The highest BCUT2D eigenvalue weighted by Gasteiger charge is 2.08. The Hall–Kier alpha value is -2.87. The number of pyridine rings is 1. The molecule has 3 rings (SSSR count). The molecular weight excluding hydrogens is 282 g/mol. The maximum absolute atomic E-state index is 10.3. The van der Waals surface area contributed by atoms with Gasteiger partial charge in [-0.3, -0.25) is 4.98 Å². The van der Waals surface area contributed by atoms with Crippen molar-refractivity contribution in [3.05, 3.63) is 83.7 Å². The zero-order valence-electron chi connectivity index (χ0n) is 13.1. The van der Waals surface area contributed by atoms with E-state index in [1.54, 1.807) is 12.3 Å². The maximum Gasteiger partial charge on any atom is 0.123 e. The van der Waals surface area contributed by atoms with Crippen LogP contribution in [0.3, 0.4) is 0 Å². The lowest BCUT2D eigenvalue weighted by Crippen LogP contribution is -1.87. The number of phenolic OH excluding ortho intramolecular Hbond substituents is 1. The molecule has 0 saturated carbocycles. The second-order valence-electron chi connectivity index (χ2n) is 5.38. The number of aryl methyl sites for hydroxylation is 1. The van der Waals surface area contributed by atoms with E-state index in [0.29, 0.717) is 5.75 Å². The van der Waals surface area contributed by atoms with Gasteiger partial charge in [0.25, 0.3) is 0 Å². The van der Waals surface area contributed by atoms with Crippen LogP contribution in [-0.2, 0) is 6.42 Å². The summed E-state index contributed by atoms with van der Waals surface area (Å²) < 4.78 is 0. The summed E-state index contributed by atoms with van der Waals surface area (Å²) in [5.41, 5.74) is 5.06. The maximum atomic E-state index is 10.3. The number of aromatic nitrogens is 1. The predicted molar refractivity (Wildman–Crippen MR) is 96.1 cm³/mol. The van der Waals surface area contributed by atoms with E-state index in [4.69, 9.17) is 0 Å². The highest BCUT2D eigenvalue weighted by atomic mass is 16.3. The molecule has 2 heteroatoms. The Kier molecular flexibility index (Phi) is 4.53. The van der Waals surface area contributed by atoms with Gasteiger partial charge in [0, 0.05) is 11.8 Å². The first kappa shape index (κ1) is 15.0. The summed E-state index contributed by atoms with van der Waals surface area (Å²) in [4.78, 5) is 4.30. The number of phenols is 1. The Morgan fingerprint density at radius 3 is 2.52 bits per heavy atom. The molecule has 0 aliphatic rings. The lowest BCUT2D eigenvalue weighted by Gasteiger charge is -2.10. The third-order valence-corrected chi connectivity index (χ3v) is 3.84. The zero-order chi connectivity index (χ0) is 16.1. The first-order chi connectivity index (χ1) is 11.3. The smallest absolute Gasteiger partial charge is 0.123 e. The highest BCUT2D eigenvalue weighted by Crippen LogP contribution is 2.33. The van der Waals surface area contributed by atoms with Gasteiger partial charge in [-0.1, -0.05) is 49.4 Å². The van der Waals surface area contributed by atoms with E-state index in [9.17, 15) is 5.11 Å². The highest BCUT2D eigenvalue weighted by molar-refractivity contribution is 5.83. The van der Waals surface area contributed by atoms with Gasteiger partial charge in [0.1, 0.15) is 5.75 Å². The second-order valence-corrected chi connectivity index (χ2v) is 5.38. The minimum Gasteiger partial charge on any atom is -0.507 e. The van der Waals surface area contributed by atoms with Crippen molar-refractivity contribution >= 4 is 12.2 Å². The fraction of sp³-hybridized carbons (Fsp3) is 0.0952. The van der Waals surface area contributed by atoms with Crippen molar-refractivity contribution in [1.82, 2.24) is 4.98 Å². The van der Waals surface area contributed by atoms with Gasteiger partial charge in [0.15, 0.2) is 0 Å². The average Bonchev–Trinajstić information content (AvgIpc) is 2.62. The van der Waals surface area contributed by atoms with E-state index in [0.717, 1.165) is 28.8 Å². The van der Waals surface area contributed by atoms with Gasteiger partial charge in [-0.15, -0.1) is 0 Å². The molecule has 0 unspecified atom stereocenters. The molecule has 2 nitrogen and oxygen atoms in total. The van der Waals surface area contributed by atoms with Crippen LogP contribution < -0.4 is 0 Å². The standard InChI is InChI=1S/C21H19NO/c1-2-16-10-13-21(23)20(15-16)19-9-4-3-7-17(19)11-12-18-8-5-6-14-22-18/h3-15,23H,2H2,1H3/b12-11+. The number of aromatic hydroxyl groups is 1. The second kappa shape index (κ2) is 6.93. The summed E-state index contributed by atoms with van der Waals surface area (Å²) in [6, 6.07) is 19.7. The zero-order valence-corrected chi connectivity index (χ0v) is 13.1. The van der Waals surface area contributed by atoms with Crippen LogP contribution in [0.4, 0.5) is 0 Å². The fourth-order valence-corrected chi connectivity index (χ4v) is 2.56. The molecule has 0 fully saturated rings. The van der Waals surface area contributed by atoms with Gasteiger partial charge in [-0.05, 0) is 53.5 Å². The van der Waals surface area contributed by atoms with Crippen molar-refractivity contribution in [3.63, 3.8) is 0 Å². The van der Waals surface area contributed by atoms with Crippen LogP contribution in [0.15, 0.2) is 66.9 Å². The molecule has 0 spiro atoms. The SMILES string of the molecule is CCc1ccc(O)c(-c2ccccc2/C=C/c2ccccn2)c1. The predicted octanol–water partition coefficient (Wildman–Crippen LogP) is 5.19. The first-order valence-corrected chi connectivity index (χ1v) is 7.78. The number of rotatable bonds is 4. The van der Waals surface area contributed by atoms with E-state index in [1.807, 2.05) is 60.7 Å². The Balaban J connectivity index is 2.03. The number of benzene rings is 2. The number of nitrogens with zero attached hydrogens (tertiary/aromatic N) is 1. The molecule has 1 heterocycles. The molecule has 0 aliphatic heterocycles. The first-order valence-electron chi connectivity index (χ1n) is 7.78. The summed E-state index contributed by atoms with van der Waals surface area (Å²) in [6.07, 6.45) is 6.75. The van der Waals surface area contributed by atoms with Gasteiger partial charge < -0.3 is 5.11 Å². The van der Waals surface area contributed by atoms with E-state index in [2.05, 4.69) is 18.0 Å². The summed E-state index contributed by atoms with van der Waals surface area (Å²) >= 11 is 0. The Bertz CT molecular complexity index is 822. The Labute approximate surface area is 136 Å². The molecule has 0 radical (unpaired) electrons. The van der Waals surface area contributed by atoms with Gasteiger partial charge in [-0.2, -0.15) is 0 Å². The third-order valence-electron chi connectivity index (χ3n) is 3.84. The van der Waals surface area contributed by atoms with Gasteiger partial charge >= 0.3 is 0 Å². The monoisotopic (exact) mass is 301 g/mol. The molecule has 0 atom stereocenters. The Morgan fingerprint density at radius 2 is 1.74 bits per heavy atom. The number of hydrogen-bond acceptors (Lipinski definition) is 2. The average molecular weight is 301 g/mol. The van der Waals surface area contributed by atoms with Gasteiger partial charge in [-0.25, -0.2) is 0 Å². The Morgan fingerprint density at radius 1 is 0.913 bits per heavy atom. The molecule has 3 aromatic rings. The van der Waals surface area contributed by atoms with Crippen LogP contribution in [0.2, 0.25) is 0 Å². The van der Waals surface area contributed by atoms with E-state index in [1.165, 1.54) is 5.56 Å². The molecule has 114 valence electrons. The van der Waals surface area contributed by atoms with Crippen LogP contribution in [0.1, 0.15) is 23.7 Å². The lowest BCUT2D eigenvalue weighted by molar-refractivity contribution is 0.477. The largest absolute Gasteiger partial charge is 0.507 e. The quantitative estimate of drug-likeness (QED) is 0.719. The van der Waals surface area contributed by atoms with Crippen molar-refractivity contribution in [2.45, 2.75) is 13.3 Å². The molecule has 0 saturated heterocycles. The van der Waals surface area contributed by atoms with Crippen LogP contribution in [-0.4, -0.2) is 10.1 Å². The summed E-state index contributed by atoms with van der Waals surface area (Å²) in [5, 5.41) is 10.3. The van der Waals surface area contributed by atoms with E-state index in [-0.39, 0.29) is 0 Å². The van der Waals surface area contributed by atoms with Crippen molar-refractivity contribution in [2.75, 3.05) is 0 Å². The normalized spacial score (nSPS) is 11.0. The third kappa shape index (κ3) is 3.49. The van der Waals surface area contributed by atoms with Crippen LogP contribution in [0.25, 0.3) is 23.3 Å².